The lowest BCUT2D eigenvalue weighted by molar-refractivity contribution is 0.485. The number of nitrogens with zero attached hydrogens (tertiary/aromatic N) is 4. The Morgan fingerprint density at radius 2 is 1.57 bits per heavy atom. The zero-order chi connectivity index (χ0) is 20.5. The van der Waals surface area contributed by atoms with E-state index < -0.39 is 0 Å². The molecule has 0 unspecified atom stereocenters. The first-order chi connectivity index (χ1) is 14.7. The molecule has 2 heterocycles. The van der Waals surface area contributed by atoms with Crippen LogP contribution < -0.4 is 5.56 Å². The summed E-state index contributed by atoms with van der Waals surface area (Å²) in [4.78, 5) is 18.1. The number of benzene rings is 3. The molecule has 30 heavy (non-hydrogen) atoms. The number of hydrogen-bond acceptors (Lipinski definition) is 5. The van der Waals surface area contributed by atoms with Crippen LogP contribution in [-0.4, -0.2) is 19.7 Å². The second-order valence-electron chi connectivity index (χ2n) is 6.72. The molecular weight excluding hydrogens is 444 g/mol. The van der Waals surface area contributed by atoms with Gasteiger partial charge in [-0.25, -0.2) is 4.98 Å². The quantitative estimate of drug-likeness (QED) is 0.381. The first-order valence-electron chi connectivity index (χ1n) is 9.32. The SMILES string of the molecule is O=c1c2cc(Br)ccc2nc(-c2ccccc2)n1Cc1nnc(-c2ccccc2)o1. The molecule has 0 bridgehead atoms. The van der Waals surface area contributed by atoms with Gasteiger partial charge in [0.15, 0.2) is 0 Å². The van der Waals surface area contributed by atoms with E-state index in [-0.39, 0.29) is 12.1 Å². The average Bonchev–Trinajstić information content (AvgIpc) is 3.26. The van der Waals surface area contributed by atoms with Crippen molar-refractivity contribution in [1.82, 2.24) is 19.7 Å². The molecule has 0 spiro atoms. The maximum Gasteiger partial charge on any atom is 0.262 e. The molecule has 6 nitrogen and oxygen atoms in total. The molecule has 0 aliphatic carbocycles. The van der Waals surface area contributed by atoms with Gasteiger partial charge in [0.1, 0.15) is 12.4 Å². The van der Waals surface area contributed by atoms with E-state index in [4.69, 9.17) is 9.40 Å². The predicted octanol–water partition coefficient (Wildman–Crippen LogP) is 4.92. The van der Waals surface area contributed by atoms with Gasteiger partial charge in [-0.3, -0.25) is 9.36 Å². The maximum atomic E-state index is 13.4. The van der Waals surface area contributed by atoms with Gasteiger partial charge in [-0.2, -0.15) is 0 Å². The Morgan fingerprint density at radius 3 is 2.30 bits per heavy atom. The molecule has 0 radical (unpaired) electrons. The normalized spacial score (nSPS) is 11.1. The first-order valence-corrected chi connectivity index (χ1v) is 10.1. The van der Waals surface area contributed by atoms with E-state index in [2.05, 4.69) is 26.1 Å². The highest BCUT2D eigenvalue weighted by Crippen LogP contribution is 2.23. The molecule has 5 aromatic rings. The molecule has 0 saturated carbocycles. The average molecular weight is 459 g/mol. The van der Waals surface area contributed by atoms with Crippen LogP contribution in [-0.2, 0) is 6.54 Å². The van der Waals surface area contributed by atoms with Gasteiger partial charge >= 0.3 is 0 Å². The highest BCUT2D eigenvalue weighted by molar-refractivity contribution is 9.10. The van der Waals surface area contributed by atoms with Crippen molar-refractivity contribution in [2.75, 3.05) is 0 Å². The minimum Gasteiger partial charge on any atom is -0.419 e. The zero-order valence-electron chi connectivity index (χ0n) is 15.7. The van der Waals surface area contributed by atoms with Gasteiger partial charge < -0.3 is 4.42 Å². The molecule has 0 aliphatic rings. The molecular formula is C23H15BrN4O2. The topological polar surface area (TPSA) is 73.8 Å². The van der Waals surface area contributed by atoms with Crippen LogP contribution in [0.1, 0.15) is 5.89 Å². The van der Waals surface area contributed by atoms with Crippen molar-refractivity contribution in [2.45, 2.75) is 6.54 Å². The molecule has 0 fully saturated rings. The van der Waals surface area contributed by atoms with Gasteiger partial charge in [0.05, 0.1) is 10.9 Å². The summed E-state index contributed by atoms with van der Waals surface area (Å²) in [7, 11) is 0. The van der Waals surface area contributed by atoms with Crippen LogP contribution in [0.4, 0.5) is 0 Å². The lowest BCUT2D eigenvalue weighted by Gasteiger charge is -2.12. The maximum absolute atomic E-state index is 13.4. The Labute approximate surface area is 180 Å². The largest absolute Gasteiger partial charge is 0.419 e. The second-order valence-corrected chi connectivity index (χ2v) is 7.64. The number of rotatable bonds is 4. The Balaban J connectivity index is 1.65. The molecule has 2 aromatic heterocycles. The van der Waals surface area contributed by atoms with E-state index in [9.17, 15) is 4.79 Å². The van der Waals surface area contributed by atoms with Gasteiger partial charge in [0.25, 0.3) is 5.56 Å². The van der Waals surface area contributed by atoms with Crippen LogP contribution in [0.25, 0.3) is 33.7 Å². The third kappa shape index (κ3) is 3.44. The summed E-state index contributed by atoms with van der Waals surface area (Å²) in [6.07, 6.45) is 0. The third-order valence-corrected chi connectivity index (χ3v) is 5.22. The lowest BCUT2D eigenvalue weighted by atomic mass is 10.2. The van der Waals surface area contributed by atoms with Gasteiger partial charge in [0, 0.05) is 15.6 Å². The lowest BCUT2D eigenvalue weighted by Crippen LogP contribution is -2.24. The predicted molar refractivity (Wildman–Crippen MR) is 118 cm³/mol. The number of aromatic nitrogens is 4. The zero-order valence-corrected chi connectivity index (χ0v) is 17.3. The monoisotopic (exact) mass is 458 g/mol. The van der Waals surface area contributed by atoms with Crippen LogP contribution in [0.15, 0.2) is 92.5 Å². The smallest absolute Gasteiger partial charge is 0.262 e. The summed E-state index contributed by atoms with van der Waals surface area (Å²) < 4.78 is 8.23. The summed E-state index contributed by atoms with van der Waals surface area (Å²) in [5, 5.41) is 8.80. The van der Waals surface area contributed by atoms with Crippen molar-refractivity contribution < 1.29 is 4.42 Å². The second kappa shape index (κ2) is 7.68. The molecule has 0 saturated heterocycles. The fourth-order valence-corrected chi connectivity index (χ4v) is 3.66. The molecule has 0 N–H and O–H groups in total. The van der Waals surface area contributed by atoms with E-state index in [1.165, 1.54) is 0 Å². The third-order valence-electron chi connectivity index (χ3n) is 4.73. The van der Waals surface area contributed by atoms with E-state index >= 15 is 0 Å². The van der Waals surface area contributed by atoms with Crippen molar-refractivity contribution in [1.29, 1.82) is 0 Å². The van der Waals surface area contributed by atoms with E-state index in [1.54, 1.807) is 10.6 Å². The van der Waals surface area contributed by atoms with Crippen molar-refractivity contribution >= 4 is 26.8 Å². The van der Waals surface area contributed by atoms with Crippen molar-refractivity contribution in [2.24, 2.45) is 0 Å². The molecule has 0 atom stereocenters. The van der Waals surface area contributed by atoms with E-state index in [1.807, 2.05) is 72.8 Å². The van der Waals surface area contributed by atoms with E-state index in [0.29, 0.717) is 28.5 Å². The molecule has 5 rings (SSSR count). The van der Waals surface area contributed by atoms with Crippen molar-refractivity contribution in [3.05, 3.63) is 99.6 Å². The summed E-state index contributed by atoms with van der Waals surface area (Å²) in [5.74, 6) is 1.30. The minimum absolute atomic E-state index is 0.123. The number of hydrogen-bond donors (Lipinski definition) is 0. The minimum atomic E-state index is -0.167. The Bertz CT molecular complexity index is 1400. The summed E-state index contributed by atoms with van der Waals surface area (Å²) in [6.45, 7) is 0.123. The van der Waals surface area contributed by atoms with Crippen LogP contribution in [0.5, 0.6) is 0 Å². The fraction of sp³-hybridized carbons (Fsp3) is 0.0435. The molecule has 7 heteroatoms. The van der Waals surface area contributed by atoms with Crippen molar-refractivity contribution in [3.8, 4) is 22.8 Å². The Hall–Kier alpha value is -3.58. The fourth-order valence-electron chi connectivity index (χ4n) is 3.30. The summed E-state index contributed by atoms with van der Waals surface area (Å²) >= 11 is 3.43. The van der Waals surface area contributed by atoms with E-state index in [0.717, 1.165) is 15.6 Å². The van der Waals surface area contributed by atoms with Gasteiger partial charge in [-0.1, -0.05) is 64.5 Å². The van der Waals surface area contributed by atoms with Crippen LogP contribution in [0, 0.1) is 0 Å². The highest BCUT2D eigenvalue weighted by Gasteiger charge is 2.16. The van der Waals surface area contributed by atoms with Gasteiger partial charge in [-0.05, 0) is 30.3 Å². The van der Waals surface area contributed by atoms with Gasteiger partial charge in [0.2, 0.25) is 11.8 Å². The molecule has 3 aromatic carbocycles. The standard InChI is InChI=1S/C23H15BrN4O2/c24-17-11-12-19-18(13-17)23(29)28(21(25-19)15-7-3-1-4-8-15)14-20-26-27-22(30-20)16-9-5-2-6-10-16/h1-13H,14H2. The summed E-state index contributed by atoms with van der Waals surface area (Å²) in [6, 6.07) is 24.6. The molecule has 0 amide bonds. The number of halogens is 1. The summed E-state index contributed by atoms with van der Waals surface area (Å²) in [5.41, 5.74) is 2.13. The molecule has 146 valence electrons. The van der Waals surface area contributed by atoms with Crippen LogP contribution >= 0.6 is 15.9 Å². The molecule has 0 aliphatic heterocycles. The van der Waals surface area contributed by atoms with Crippen molar-refractivity contribution in [3.63, 3.8) is 0 Å². The Morgan fingerprint density at radius 1 is 0.867 bits per heavy atom. The Kier molecular flexibility index (Phi) is 4.72. The van der Waals surface area contributed by atoms with Gasteiger partial charge in [-0.15, -0.1) is 10.2 Å². The number of fused-ring (bicyclic) bond motifs is 1. The highest BCUT2D eigenvalue weighted by atomic mass is 79.9. The van der Waals surface area contributed by atoms with Crippen LogP contribution in [0.2, 0.25) is 0 Å². The first kappa shape index (κ1) is 18.4. The van der Waals surface area contributed by atoms with Crippen LogP contribution in [0.3, 0.4) is 0 Å².